The van der Waals surface area contributed by atoms with Gasteiger partial charge in [0.2, 0.25) is 5.01 Å². The molecule has 1 amide bonds. The Balaban J connectivity index is 2.17. The van der Waals surface area contributed by atoms with Gasteiger partial charge in [0.05, 0.1) is 0 Å². The minimum Gasteiger partial charge on any atom is -0.363 e. The van der Waals surface area contributed by atoms with Gasteiger partial charge in [0.15, 0.2) is 0 Å². The first kappa shape index (κ1) is 10.7. The molecule has 0 saturated carbocycles. The Morgan fingerprint density at radius 3 is 2.88 bits per heavy atom. The lowest BCUT2D eigenvalue weighted by Crippen LogP contribution is -2.10. The molecule has 16 heavy (non-hydrogen) atoms. The molecule has 0 saturated heterocycles. The lowest BCUT2D eigenvalue weighted by Gasteiger charge is -1.97. The Morgan fingerprint density at radius 1 is 1.44 bits per heavy atom. The van der Waals surface area contributed by atoms with Crippen molar-refractivity contribution in [2.24, 2.45) is 5.73 Å². The highest BCUT2D eigenvalue weighted by Crippen LogP contribution is 2.13. The van der Waals surface area contributed by atoms with E-state index in [2.05, 4.69) is 15.2 Å². The highest BCUT2D eigenvalue weighted by Gasteiger charge is 2.09. The van der Waals surface area contributed by atoms with Gasteiger partial charge in [-0.25, -0.2) is 0 Å². The van der Waals surface area contributed by atoms with E-state index in [1.807, 2.05) is 25.1 Å². The molecule has 2 heterocycles. The number of carbonyl (C=O) groups excluding carboxylic acids is 1. The van der Waals surface area contributed by atoms with Crippen LogP contribution in [0.5, 0.6) is 0 Å². The van der Waals surface area contributed by atoms with E-state index >= 15 is 0 Å². The Kier molecular flexibility index (Phi) is 2.91. The molecule has 5 nitrogen and oxygen atoms in total. The summed E-state index contributed by atoms with van der Waals surface area (Å²) in [4.78, 5) is 15.2. The number of hydrogen-bond donors (Lipinski definition) is 1. The van der Waals surface area contributed by atoms with Crippen LogP contribution in [0.3, 0.4) is 0 Å². The van der Waals surface area contributed by atoms with Gasteiger partial charge < -0.3 is 5.73 Å². The maximum Gasteiger partial charge on any atom is 0.279 e. The number of rotatable bonds is 3. The van der Waals surface area contributed by atoms with Gasteiger partial charge in [-0.05, 0) is 19.1 Å². The quantitative estimate of drug-likeness (QED) is 0.856. The fourth-order valence-corrected chi connectivity index (χ4v) is 1.98. The number of hydrogen-bond acceptors (Lipinski definition) is 5. The molecule has 2 rings (SSSR count). The molecule has 2 N–H and O–H groups in total. The fourth-order valence-electron chi connectivity index (χ4n) is 1.28. The van der Waals surface area contributed by atoms with Gasteiger partial charge in [-0.2, -0.15) is 0 Å². The summed E-state index contributed by atoms with van der Waals surface area (Å²) in [6, 6.07) is 5.78. The van der Waals surface area contributed by atoms with Crippen LogP contribution in [0.25, 0.3) is 0 Å². The second kappa shape index (κ2) is 4.36. The molecule has 2 aromatic rings. The van der Waals surface area contributed by atoms with Crippen LogP contribution in [-0.2, 0) is 6.42 Å². The Hall–Kier alpha value is -1.82. The molecule has 0 aliphatic carbocycles. The van der Waals surface area contributed by atoms with E-state index in [4.69, 9.17) is 5.73 Å². The van der Waals surface area contributed by atoms with Gasteiger partial charge >= 0.3 is 0 Å². The summed E-state index contributed by atoms with van der Waals surface area (Å²) in [5, 5.41) is 8.57. The number of aromatic nitrogens is 3. The second-order valence-electron chi connectivity index (χ2n) is 3.31. The van der Waals surface area contributed by atoms with Crippen LogP contribution in [0, 0.1) is 6.92 Å². The molecule has 82 valence electrons. The van der Waals surface area contributed by atoms with Crippen molar-refractivity contribution in [3.63, 3.8) is 0 Å². The molecule has 2 aromatic heterocycles. The number of pyridine rings is 1. The van der Waals surface area contributed by atoms with Crippen LogP contribution < -0.4 is 5.73 Å². The van der Waals surface area contributed by atoms with Gasteiger partial charge in [-0.15, -0.1) is 10.2 Å². The molecule has 0 aliphatic heterocycles. The number of aryl methyl sites for hydroxylation is 1. The van der Waals surface area contributed by atoms with Crippen LogP contribution in [0.15, 0.2) is 18.2 Å². The molecule has 0 radical (unpaired) electrons. The minimum atomic E-state index is -0.541. The van der Waals surface area contributed by atoms with Gasteiger partial charge in [0.25, 0.3) is 5.91 Å². The molecule has 6 heteroatoms. The van der Waals surface area contributed by atoms with E-state index in [0.717, 1.165) is 16.4 Å². The number of nitrogens with zero attached hydrogens (tertiary/aromatic N) is 3. The third kappa shape index (κ3) is 2.40. The van der Waals surface area contributed by atoms with E-state index in [1.165, 1.54) is 11.3 Å². The monoisotopic (exact) mass is 234 g/mol. The third-order valence-electron chi connectivity index (χ3n) is 1.96. The van der Waals surface area contributed by atoms with Gasteiger partial charge in [0.1, 0.15) is 5.01 Å². The van der Waals surface area contributed by atoms with Crippen LogP contribution >= 0.6 is 11.3 Å². The van der Waals surface area contributed by atoms with Crippen molar-refractivity contribution in [3.8, 4) is 0 Å². The number of carbonyl (C=O) groups is 1. The summed E-state index contributed by atoms with van der Waals surface area (Å²) in [5.74, 6) is -0.541. The van der Waals surface area contributed by atoms with E-state index in [0.29, 0.717) is 6.42 Å². The van der Waals surface area contributed by atoms with E-state index < -0.39 is 5.91 Å². The third-order valence-corrected chi connectivity index (χ3v) is 2.89. The van der Waals surface area contributed by atoms with Crippen molar-refractivity contribution >= 4 is 17.2 Å². The topological polar surface area (TPSA) is 81.8 Å². The van der Waals surface area contributed by atoms with Crippen molar-refractivity contribution in [2.45, 2.75) is 13.3 Å². The van der Waals surface area contributed by atoms with Gasteiger partial charge in [0, 0.05) is 17.8 Å². The summed E-state index contributed by atoms with van der Waals surface area (Å²) in [5.41, 5.74) is 6.96. The van der Waals surface area contributed by atoms with Crippen LogP contribution in [0.2, 0.25) is 0 Å². The van der Waals surface area contributed by atoms with Crippen LogP contribution in [-0.4, -0.2) is 21.1 Å². The molecular weight excluding hydrogens is 224 g/mol. The van der Waals surface area contributed by atoms with Crippen LogP contribution in [0.4, 0.5) is 0 Å². The van der Waals surface area contributed by atoms with Crippen molar-refractivity contribution in [1.82, 2.24) is 15.2 Å². The van der Waals surface area contributed by atoms with E-state index in [9.17, 15) is 4.79 Å². The first-order chi connectivity index (χ1) is 7.65. The SMILES string of the molecule is Cc1cccc(Cc2nnc(C(N)=O)s2)n1. The van der Waals surface area contributed by atoms with Gasteiger partial charge in [-0.1, -0.05) is 17.4 Å². The molecule has 0 atom stereocenters. The summed E-state index contributed by atoms with van der Waals surface area (Å²) in [6.45, 7) is 1.93. The zero-order valence-electron chi connectivity index (χ0n) is 8.67. The lowest BCUT2D eigenvalue weighted by molar-refractivity contribution is 0.0999. The molecule has 0 bridgehead atoms. The highest BCUT2D eigenvalue weighted by atomic mass is 32.1. The van der Waals surface area contributed by atoms with Crippen molar-refractivity contribution in [2.75, 3.05) is 0 Å². The molecule has 0 spiro atoms. The Bertz CT molecular complexity index is 523. The molecule has 0 aromatic carbocycles. The number of amides is 1. The second-order valence-corrected chi connectivity index (χ2v) is 4.37. The molecule has 0 unspecified atom stereocenters. The standard InChI is InChI=1S/C10H10N4OS/c1-6-3-2-4-7(12-6)5-8-13-14-10(16-8)9(11)15/h2-4H,5H2,1H3,(H2,11,15). The molecule has 0 aliphatic rings. The first-order valence-electron chi connectivity index (χ1n) is 4.70. The number of nitrogens with two attached hydrogens (primary N) is 1. The highest BCUT2D eigenvalue weighted by molar-refractivity contribution is 7.13. The summed E-state index contributed by atoms with van der Waals surface area (Å²) in [6.07, 6.45) is 0.576. The Morgan fingerprint density at radius 2 is 2.25 bits per heavy atom. The maximum absolute atomic E-state index is 10.8. The summed E-state index contributed by atoms with van der Waals surface area (Å²) in [7, 11) is 0. The average Bonchev–Trinajstić information content (AvgIpc) is 2.66. The zero-order valence-corrected chi connectivity index (χ0v) is 9.49. The van der Waals surface area contributed by atoms with E-state index in [1.54, 1.807) is 0 Å². The normalized spacial score (nSPS) is 10.3. The smallest absolute Gasteiger partial charge is 0.279 e. The zero-order chi connectivity index (χ0) is 11.5. The van der Waals surface area contributed by atoms with Gasteiger partial charge in [-0.3, -0.25) is 9.78 Å². The summed E-state index contributed by atoms with van der Waals surface area (Å²) < 4.78 is 0. The predicted octanol–water partition coefficient (Wildman–Crippen LogP) is 0.931. The first-order valence-corrected chi connectivity index (χ1v) is 5.51. The predicted molar refractivity (Wildman–Crippen MR) is 60.2 cm³/mol. The van der Waals surface area contributed by atoms with Crippen molar-refractivity contribution in [3.05, 3.63) is 39.6 Å². The number of primary amides is 1. The van der Waals surface area contributed by atoms with Crippen molar-refractivity contribution in [1.29, 1.82) is 0 Å². The van der Waals surface area contributed by atoms with Crippen molar-refractivity contribution < 1.29 is 4.79 Å². The summed E-state index contributed by atoms with van der Waals surface area (Å²) >= 11 is 1.20. The largest absolute Gasteiger partial charge is 0.363 e. The van der Waals surface area contributed by atoms with Crippen LogP contribution in [0.1, 0.15) is 26.2 Å². The molecule has 0 fully saturated rings. The Labute approximate surface area is 96.4 Å². The maximum atomic E-state index is 10.8. The van der Waals surface area contributed by atoms with E-state index in [-0.39, 0.29) is 5.01 Å². The molecular formula is C10H10N4OS. The minimum absolute atomic E-state index is 0.239. The lowest BCUT2D eigenvalue weighted by atomic mass is 10.2. The fraction of sp³-hybridized carbons (Fsp3) is 0.200. The average molecular weight is 234 g/mol.